The maximum atomic E-state index is 2.22. The van der Waals surface area contributed by atoms with E-state index in [4.69, 9.17) is 0 Å². The van der Waals surface area contributed by atoms with Crippen molar-refractivity contribution >= 4 is 0 Å². The van der Waals surface area contributed by atoms with Gasteiger partial charge in [-0.15, -0.1) is 0 Å². The van der Waals surface area contributed by atoms with Gasteiger partial charge in [-0.25, -0.2) is 0 Å². The fourth-order valence-electron chi connectivity index (χ4n) is 1.05. The van der Waals surface area contributed by atoms with Crippen LogP contribution in [0.1, 0.15) is 34.1 Å². The van der Waals surface area contributed by atoms with Crippen molar-refractivity contribution in [1.29, 1.82) is 0 Å². The van der Waals surface area contributed by atoms with Gasteiger partial charge >= 0.3 is 0 Å². The Kier molecular flexibility index (Phi) is 6.99. The summed E-state index contributed by atoms with van der Waals surface area (Å²) < 4.78 is 0. The van der Waals surface area contributed by atoms with Gasteiger partial charge in [-0.2, -0.15) is 0 Å². The van der Waals surface area contributed by atoms with E-state index in [-0.39, 0.29) is 0 Å². The fourth-order valence-corrected chi connectivity index (χ4v) is 1.05. The molecule has 0 aromatic heterocycles. The molecule has 0 unspecified atom stereocenters. The minimum atomic E-state index is 1.05. The summed E-state index contributed by atoms with van der Waals surface area (Å²) in [6.07, 6.45) is 13.8. The zero-order valence-electron chi connectivity index (χ0n) is 9.17. The molecule has 0 heteroatoms. The van der Waals surface area contributed by atoms with E-state index in [0.29, 0.717) is 0 Å². The molecule has 0 aliphatic rings. The molecule has 0 aliphatic heterocycles. The van der Waals surface area contributed by atoms with E-state index < -0.39 is 0 Å². The van der Waals surface area contributed by atoms with Crippen molar-refractivity contribution in [2.45, 2.75) is 34.1 Å². The highest BCUT2D eigenvalue weighted by molar-refractivity contribution is 5.25. The largest absolute Gasteiger partial charge is 0.0913 e. The molecule has 0 aromatic rings. The van der Waals surface area contributed by atoms with Crippen molar-refractivity contribution in [1.82, 2.24) is 0 Å². The van der Waals surface area contributed by atoms with E-state index in [1.165, 1.54) is 11.1 Å². The Balaban J connectivity index is 4.20. The van der Waals surface area contributed by atoms with Crippen LogP contribution in [-0.2, 0) is 0 Å². The van der Waals surface area contributed by atoms with Crippen LogP contribution in [0.25, 0.3) is 0 Å². The van der Waals surface area contributed by atoms with Gasteiger partial charge in [0.05, 0.1) is 0 Å². The first-order chi connectivity index (χ1) is 6.20. The van der Waals surface area contributed by atoms with Gasteiger partial charge in [-0.1, -0.05) is 47.6 Å². The molecule has 0 saturated carbocycles. The Labute approximate surface area is 82.4 Å². The summed E-state index contributed by atoms with van der Waals surface area (Å²) in [5, 5.41) is 0. The van der Waals surface area contributed by atoms with E-state index in [2.05, 4.69) is 51.2 Å². The molecular weight excluding hydrogens is 156 g/mol. The topological polar surface area (TPSA) is 0 Å². The molecule has 0 rings (SSSR count). The highest BCUT2D eigenvalue weighted by Crippen LogP contribution is 2.06. The van der Waals surface area contributed by atoms with Crippen LogP contribution in [0.5, 0.6) is 0 Å². The van der Waals surface area contributed by atoms with Crippen LogP contribution in [-0.4, -0.2) is 0 Å². The van der Waals surface area contributed by atoms with Crippen LogP contribution in [0.2, 0.25) is 0 Å². The molecular formula is C13H20. The third-order valence-electron chi connectivity index (χ3n) is 1.70. The summed E-state index contributed by atoms with van der Waals surface area (Å²) in [5.41, 5.74) is 2.71. The van der Waals surface area contributed by atoms with E-state index in [1.54, 1.807) is 0 Å². The van der Waals surface area contributed by atoms with Crippen molar-refractivity contribution in [3.63, 3.8) is 0 Å². The SMILES string of the molecule is C/C=C\C=C(/C)C=C(C)C/C=C\C. The lowest BCUT2D eigenvalue weighted by molar-refractivity contribution is 1.19. The van der Waals surface area contributed by atoms with Crippen molar-refractivity contribution in [2.75, 3.05) is 0 Å². The summed E-state index contributed by atoms with van der Waals surface area (Å²) in [6, 6.07) is 0. The second kappa shape index (κ2) is 7.60. The third-order valence-corrected chi connectivity index (χ3v) is 1.70. The van der Waals surface area contributed by atoms with Crippen LogP contribution < -0.4 is 0 Å². The van der Waals surface area contributed by atoms with Crippen molar-refractivity contribution in [3.05, 3.63) is 47.6 Å². The van der Waals surface area contributed by atoms with Crippen LogP contribution >= 0.6 is 0 Å². The van der Waals surface area contributed by atoms with Gasteiger partial charge in [-0.05, 0) is 34.1 Å². The van der Waals surface area contributed by atoms with Gasteiger partial charge < -0.3 is 0 Å². The Morgan fingerprint density at radius 3 is 2.31 bits per heavy atom. The lowest BCUT2D eigenvalue weighted by atomic mass is 10.1. The van der Waals surface area contributed by atoms with Gasteiger partial charge in [0.2, 0.25) is 0 Å². The predicted molar refractivity (Wildman–Crippen MR) is 61.8 cm³/mol. The summed E-state index contributed by atoms with van der Waals surface area (Å²) in [7, 11) is 0. The van der Waals surface area contributed by atoms with E-state index in [0.717, 1.165) is 6.42 Å². The first-order valence-corrected chi connectivity index (χ1v) is 4.78. The third kappa shape index (κ3) is 7.32. The number of hydrogen-bond acceptors (Lipinski definition) is 0. The Morgan fingerprint density at radius 1 is 1.08 bits per heavy atom. The summed E-state index contributed by atoms with van der Waals surface area (Å²) >= 11 is 0. The molecule has 0 fully saturated rings. The first-order valence-electron chi connectivity index (χ1n) is 4.78. The van der Waals surface area contributed by atoms with E-state index >= 15 is 0 Å². The Hall–Kier alpha value is -1.04. The fraction of sp³-hybridized carbons (Fsp3) is 0.385. The van der Waals surface area contributed by atoms with Gasteiger partial charge in [0.25, 0.3) is 0 Å². The Morgan fingerprint density at radius 2 is 1.77 bits per heavy atom. The van der Waals surface area contributed by atoms with Gasteiger partial charge in [-0.3, -0.25) is 0 Å². The first kappa shape index (κ1) is 12.0. The van der Waals surface area contributed by atoms with Gasteiger partial charge in [0.15, 0.2) is 0 Å². The normalized spacial score (nSPS) is 14.8. The van der Waals surface area contributed by atoms with Crippen LogP contribution in [0.3, 0.4) is 0 Å². The lowest BCUT2D eigenvalue weighted by Crippen LogP contribution is -1.75. The molecule has 0 amide bonds. The minimum absolute atomic E-state index is 1.05. The molecule has 0 heterocycles. The summed E-state index contributed by atoms with van der Waals surface area (Å²) in [4.78, 5) is 0. The highest BCUT2D eigenvalue weighted by atomic mass is 13.9. The molecule has 0 radical (unpaired) electrons. The molecule has 0 aromatic carbocycles. The van der Waals surface area contributed by atoms with E-state index in [9.17, 15) is 0 Å². The summed E-state index contributed by atoms with van der Waals surface area (Å²) in [5.74, 6) is 0. The molecule has 13 heavy (non-hydrogen) atoms. The van der Waals surface area contributed by atoms with Gasteiger partial charge in [0, 0.05) is 0 Å². The zero-order valence-corrected chi connectivity index (χ0v) is 9.17. The second-order valence-electron chi connectivity index (χ2n) is 3.20. The molecule has 0 atom stereocenters. The number of rotatable bonds is 4. The molecule has 72 valence electrons. The monoisotopic (exact) mass is 176 g/mol. The Bertz CT molecular complexity index is 237. The van der Waals surface area contributed by atoms with Crippen molar-refractivity contribution in [3.8, 4) is 0 Å². The molecule has 0 N–H and O–H groups in total. The zero-order chi connectivity index (χ0) is 10.1. The predicted octanol–water partition coefficient (Wildman–Crippen LogP) is 4.42. The second-order valence-corrected chi connectivity index (χ2v) is 3.20. The summed E-state index contributed by atoms with van der Waals surface area (Å²) in [6.45, 7) is 8.36. The van der Waals surface area contributed by atoms with E-state index in [1.807, 2.05) is 13.0 Å². The highest BCUT2D eigenvalue weighted by Gasteiger charge is 1.85. The lowest BCUT2D eigenvalue weighted by Gasteiger charge is -1.95. The maximum Gasteiger partial charge on any atom is -0.0138 e. The smallest absolute Gasteiger partial charge is 0.0138 e. The number of hydrogen-bond donors (Lipinski definition) is 0. The molecule has 0 nitrogen and oxygen atoms in total. The molecule has 0 bridgehead atoms. The van der Waals surface area contributed by atoms with Crippen LogP contribution in [0.15, 0.2) is 47.6 Å². The quantitative estimate of drug-likeness (QED) is 0.439. The van der Waals surface area contributed by atoms with Gasteiger partial charge in [0.1, 0.15) is 0 Å². The average Bonchev–Trinajstić information content (AvgIpc) is 2.11. The molecule has 0 saturated heterocycles. The number of allylic oxidation sites excluding steroid dienone is 8. The van der Waals surface area contributed by atoms with Crippen LogP contribution in [0.4, 0.5) is 0 Å². The maximum absolute atomic E-state index is 2.22. The molecule has 0 spiro atoms. The minimum Gasteiger partial charge on any atom is -0.0913 e. The van der Waals surface area contributed by atoms with Crippen molar-refractivity contribution in [2.24, 2.45) is 0 Å². The standard InChI is InChI=1S/C13H20/c1-5-7-9-12(3)11-13(4)10-8-6-2/h5-9,11H,10H2,1-4H3/b7-5-,8-6-,12-9+,13-11?. The molecule has 0 aliphatic carbocycles. The van der Waals surface area contributed by atoms with Crippen molar-refractivity contribution < 1.29 is 0 Å². The average molecular weight is 176 g/mol. The van der Waals surface area contributed by atoms with Crippen LogP contribution in [0, 0.1) is 0 Å².